The summed E-state index contributed by atoms with van der Waals surface area (Å²) in [6.45, 7) is -0.455. The summed E-state index contributed by atoms with van der Waals surface area (Å²) >= 11 is 0. The Morgan fingerprint density at radius 3 is 2.35 bits per heavy atom. The third kappa shape index (κ3) is 4.64. The van der Waals surface area contributed by atoms with Gasteiger partial charge in [-0.15, -0.1) is 0 Å². The number of alkyl halides is 2. The third-order valence-electron chi connectivity index (χ3n) is 4.02. The van der Waals surface area contributed by atoms with Gasteiger partial charge in [0.15, 0.2) is 6.61 Å². The zero-order valence-electron chi connectivity index (χ0n) is 12.8. The monoisotopic (exact) mass is 327 g/mol. The van der Waals surface area contributed by atoms with E-state index in [1.807, 2.05) is 0 Å². The number of ether oxygens (including phenoxy) is 1. The van der Waals surface area contributed by atoms with E-state index in [0.29, 0.717) is 11.3 Å². The van der Waals surface area contributed by atoms with E-state index in [-0.39, 0.29) is 37.6 Å². The van der Waals surface area contributed by atoms with Crippen molar-refractivity contribution in [1.82, 2.24) is 4.90 Å². The van der Waals surface area contributed by atoms with Crippen molar-refractivity contribution in [1.29, 1.82) is 0 Å². The lowest BCUT2D eigenvalue weighted by molar-refractivity contribution is -0.139. The molecule has 1 fully saturated rings. The van der Waals surface area contributed by atoms with Gasteiger partial charge in [-0.25, -0.2) is 13.6 Å². The smallest absolute Gasteiger partial charge is 0.341 e. The second-order valence-corrected chi connectivity index (χ2v) is 5.71. The van der Waals surface area contributed by atoms with E-state index in [1.54, 1.807) is 7.05 Å². The van der Waals surface area contributed by atoms with Crippen LogP contribution in [0, 0.1) is 0 Å². The first-order valence-electron chi connectivity index (χ1n) is 7.38. The topological polar surface area (TPSA) is 66.8 Å². The normalized spacial score (nSPS) is 17.5. The molecule has 0 unspecified atom stereocenters. The van der Waals surface area contributed by atoms with Crippen LogP contribution in [-0.2, 0) is 4.79 Å². The molecule has 1 N–H and O–H groups in total. The zero-order valence-corrected chi connectivity index (χ0v) is 12.8. The summed E-state index contributed by atoms with van der Waals surface area (Å²) in [4.78, 5) is 24.3. The molecule has 0 aromatic heterocycles. The maximum absolute atomic E-state index is 13.2. The van der Waals surface area contributed by atoms with Gasteiger partial charge in [-0.05, 0) is 37.1 Å². The summed E-state index contributed by atoms with van der Waals surface area (Å²) < 4.78 is 31.4. The molecule has 0 spiro atoms. The Balaban J connectivity index is 1.95. The largest absolute Gasteiger partial charge is 0.482 e. The van der Waals surface area contributed by atoms with Crippen molar-refractivity contribution in [2.45, 2.75) is 37.6 Å². The first kappa shape index (κ1) is 17.2. The fourth-order valence-electron chi connectivity index (χ4n) is 2.62. The van der Waals surface area contributed by atoms with Gasteiger partial charge in [0.2, 0.25) is 5.92 Å². The third-order valence-corrected chi connectivity index (χ3v) is 4.02. The Hall–Kier alpha value is -2.18. The molecule has 126 valence electrons. The molecule has 0 saturated heterocycles. The number of hydrogen-bond acceptors (Lipinski definition) is 3. The van der Waals surface area contributed by atoms with Gasteiger partial charge in [-0.2, -0.15) is 0 Å². The van der Waals surface area contributed by atoms with Crippen molar-refractivity contribution in [3.63, 3.8) is 0 Å². The molecule has 1 saturated carbocycles. The van der Waals surface area contributed by atoms with Crippen molar-refractivity contribution in [2.24, 2.45) is 0 Å². The van der Waals surface area contributed by atoms with Crippen molar-refractivity contribution < 1.29 is 28.2 Å². The molecule has 1 aliphatic rings. The quantitative estimate of drug-likeness (QED) is 0.903. The van der Waals surface area contributed by atoms with Crippen LogP contribution in [0.25, 0.3) is 0 Å². The number of nitrogens with zero attached hydrogens (tertiary/aromatic N) is 1. The number of carboxylic acid groups (broad SMARTS) is 1. The SMILES string of the molecule is CN(C(=O)c1ccc(OCC(=O)O)cc1)C1CCC(F)(F)CC1. The molecule has 1 aromatic carbocycles. The van der Waals surface area contributed by atoms with Gasteiger partial charge in [0.05, 0.1) is 0 Å². The molecule has 0 aliphatic heterocycles. The predicted octanol–water partition coefficient (Wildman–Crippen LogP) is 2.80. The number of hydrogen-bond donors (Lipinski definition) is 1. The minimum absolute atomic E-state index is 0.190. The number of carboxylic acids is 1. The van der Waals surface area contributed by atoms with Gasteiger partial charge >= 0.3 is 5.97 Å². The van der Waals surface area contributed by atoms with Crippen LogP contribution < -0.4 is 4.74 Å². The lowest BCUT2D eigenvalue weighted by atomic mass is 9.91. The Kier molecular flexibility index (Phi) is 5.18. The molecule has 1 aliphatic carbocycles. The Morgan fingerprint density at radius 2 is 1.83 bits per heavy atom. The minimum Gasteiger partial charge on any atom is -0.482 e. The Bertz CT molecular complexity index is 564. The van der Waals surface area contributed by atoms with Crippen LogP contribution in [0.15, 0.2) is 24.3 Å². The van der Waals surface area contributed by atoms with Crippen LogP contribution in [0.5, 0.6) is 5.75 Å². The second kappa shape index (κ2) is 6.93. The van der Waals surface area contributed by atoms with Gasteiger partial charge < -0.3 is 14.7 Å². The fourth-order valence-corrected chi connectivity index (χ4v) is 2.62. The molecular weight excluding hydrogens is 308 g/mol. The van der Waals surface area contributed by atoms with Crippen molar-refractivity contribution in [2.75, 3.05) is 13.7 Å². The molecule has 0 bridgehead atoms. The Labute approximate surface area is 132 Å². The summed E-state index contributed by atoms with van der Waals surface area (Å²) in [5.41, 5.74) is 0.410. The van der Waals surface area contributed by atoms with E-state index < -0.39 is 18.5 Å². The van der Waals surface area contributed by atoms with Crippen molar-refractivity contribution in [3.05, 3.63) is 29.8 Å². The number of aliphatic carboxylic acids is 1. The highest BCUT2D eigenvalue weighted by Crippen LogP contribution is 2.35. The summed E-state index contributed by atoms with van der Waals surface area (Å²) in [5, 5.41) is 8.53. The van der Waals surface area contributed by atoms with E-state index in [4.69, 9.17) is 9.84 Å². The van der Waals surface area contributed by atoms with Gasteiger partial charge in [0, 0.05) is 31.5 Å². The lowest BCUT2D eigenvalue weighted by Crippen LogP contribution is -2.41. The standard InChI is InChI=1S/C16H19F2NO4/c1-19(12-6-8-16(17,18)9-7-12)15(22)11-2-4-13(5-3-11)23-10-14(20)21/h2-5,12H,6-10H2,1H3,(H,20,21). The molecule has 23 heavy (non-hydrogen) atoms. The van der Waals surface area contributed by atoms with E-state index in [1.165, 1.54) is 29.2 Å². The first-order chi connectivity index (χ1) is 10.8. The summed E-state index contributed by atoms with van der Waals surface area (Å²) in [7, 11) is 1.62. The average molecular weight is 327 g/mol. The molecule has 1 aromatic rings. The Morgan fingerprint density at radius 1 is 1.26 bits per heavy atom. The molecule has 7 heteroatoms. The molecule has 5 nitrogen and oxygen atoms in total. The number of benzene rings is 1. The number of rotatable bonds is 5. The van der Waals surface area contributed by atoms with Gasteiger partial charge in [-0.1, -0.05) is 0 Å². The van der Waals surface area contributed by atoms with Crippen molar-refractivity contribution >= 4 is 11.9 Å². The molecular formula is C16H19F2NO4. The summed E-state index contributed by atoms with van der Waals surface area (Å²) in [5.74, 6) is -3.60. The van der Waals surface area contributed by atoms with Crippen LogP contribution in [0.4, 0.5) is 8.78 Å². The fraction of sp³-hybridized carbons (Fsp3) is 0.500. The van der Waals surface area contributed by atoms with Gasteiger partial charge in [0.25, 0.3) is 5.91 Å². The molecule has 2 rings (SSSR count). The van der Waals surface area contributed by atoms with Gasteiger partial charge in [0.1, 0.15) is 5.75 Å². The number of halogens is 2. The van der Waals surface area contributed by atoms with Crippen molar-refractivity contribution in [3.8, 4) is 5.75 Å². The van der Waals surface area contributed by atoms with Crippen LogP contribution in [0.1, 0.15) is 36.0 Å². The van der Waals surface area contributed by atoms with E-state index >= 15 is 0 Å². The molecule has 0 radical (unpaired) electrons. The highest BCUT2D eigenvalue weighted by atomic mass is 19.3. The number of carbonyl (C=O) groups is 2. The maximum atomic E-state index is 13.2. The molecule has 1 amide bonds. The highest BCUT2D eigenvalue weighted by Gasteiger charge is 2.37. The lowest BCUT2D eigenvalue weighted by Gasteiger charge is -2.34. The zero-order chi connectivity index (χ0) is 17.0. The minimum atomic E-state index is -2.62. The number of carbonyl (C=O) groups excluding carboxylic acids is 1. The van der Waals surface area contributed by atoms with Gasteiger partial charge in [-0.3, -0.25) is 4.79 Å². The number of amides is 1. The summed E-state index contributed by atoms with van der Waals surface area (Å²) in [6, 6.07) is 5.91. The highest BCUT2D eigenvalue weighted by molar-refractivity contribution is 5.94. The molecule has 0 atom stereocenters. The van der Waals surface area contributed by atoms with Crippen LogP contribution >= 0.6 is 0 Å². The predicted molar refractivity (Wildman–Crippen MR) is 78.9 cm³/mol. The average Bonchev–Trinajstić information content (AvgIpc) is 2.52. The van der Waals surface area contributed by atoms with E-state index in [0.717, 1.165) is 0 Å². The van der Waals surface area contributed by atoms with Crippen LogP contribution in [0.2, 0.25) is 0 Å². The van der Waals surface area contributed by atoms with E-state index in [2.05, 4.69) is 0 Å². The maximum Gasteiger partial charge on any atom is 0.341 e. The van der Waals surface area contributed by atoms with Crippen LogP contribution in [-0.4, -0.2) is 47.5 Å². The molecule has 0 heterocycles. The first-order valence-corrected chi connectivity index (χ1v) is 7.38. The van der Waals surface area contributed by atoms with E-state index in [9.17, 15) is 18.4 Å². The van der Waals surface area contributed by atoms with Crippen LogP contribution in [0.3, 0.4) is 0 Å². The summed E-state index contributed by atoms with van der Waals surface area (Å²) in [6.07, 6.45) is 0.179. The second-order valence-electron chi connectivity index (χ2n) is 5.71.